The molecular weight excluding hydrogens is 322 g/mol. The van der Waals surface area contributed by atoms with E-state index in [1.807, 2.05) is 11.9 Å². The van der Waals surface area contributed by atoms with E-state index in [0.29, 0.717) is 11.8 Å². The molecular formula is C11H11BrClN3S. The third-order valence-electron chi connectivity index (χ3n) is 2.20. The van der Waals surface area contributed by atoms with Crippen LogP contribution in [0.4, 0.5) is 5.95 Å². The normalized spacial score (nSPS) is 10.5. The summed E-state index contributed by atoms with van der Waals surface area (Å²) >= 11 is 10.9. The molecule has 17 heavy (non-hydrogen) atoms. The molecule has 0 fully saturated rings. The Kier molecular flexibility index (Phi) is 4.36. The van der Waals surface area contributed by atoms with Crippen LogP contribution in [0.2, 0.25) is 0 Å². The van der Waals surface area contributed by atoms with Crippen LogP contribution in [0, 0.1) is 0 Å². The third kappa shape index (κ3) is 3.40. The summed E-state index contributed by atoms with van der Waals surface area (Å²) in [6.45, 7) is 0.802. The molecule has 2 rings (SSSR count). The van der Waals surface area contributed by atoms with E-state index in [0.717, 1.165) is 16.6 Å². The van der Waals surface area contributed by atoms with Crippen LogP contribution in [-0.4, -0.2) is 17.0 Å². The highest BCUT2D eigenvalue weighted by atomic mass is 79.9. The second-order valence-corrected chi connectivity index (χ2v) is 5.79. The number of aromatic nitrogens is 2. The van der Waals surface area contributed by atoms with E-state index >= 15 is 0 Å². The lowest BCUT2D eigenvalue weighted by atomic mass is 10.4. The van der Waals surface area contributed by atoms with Gasteiger partial charge < -0.3 is 4.90 Å². The number of rotatable bonds is 4. The van der Waals surface area contributed by atoms with E-state index in [-0.39, 0.29) is 0 Å². The number of hydrogen-bond acceptors (Lipinski definition) is 4. The van der Waals surface area contributed by atoms with Gasteiger partial charge in [0.05, 0.1) is 12.4 Å². The smallest absolute Gasteiger partial charge is 0.225 e. The predicted molar refractivity (Wildman–Crippen MR) is 75.7 cm³/mol. The standard InChI is InChI=1S/C11H11BrClN3S/c1-16(6-10-2-9(12)7-17-10)11-14-4-8(3-13)5-15-11/h2,4-5,7H,3,6H2,1H3. The van der Waals surface area contributed by atoms with Crippen molar-refractivity contribution in [3.05, 3.63) is 38.8 Å². The van der Waals surface area contributed by atoms with Gasteiger partial charge >= 0.3 is 0 Å². The highest BCUT2D eigenvalue weighted by Crippen LogP contribution is 2.21. The maximum atomic E-state index is 5.69. The minimum atomic E-state index is 0.446. The summed E-state index contributed by atoms with van der Waals surface area (Å²) < 4.78 is 1.12. The van der Waals surface area contributed by atoms with Gasteiger partial charge in [0.25, 0.3) is 0 Å². The zero-order valence-electron chi connectivity index (χ0n) is 9.23. The average molecular weight is 333 g/mol. The van der Waals surface area contributed by atoms with E-state index < -0.39 is 0 Å². The Morgan fingerprint density at radius 3 is 2.65 bits per heavy atom. The van der Waals surface area contributed by atoms with Crippen molar-refractivity contribution in [1.29, 1.82) is 0 Å². The SMILES string of the molecule is CN(Cc1cc(Br)cs1)c1ncc(CCl)cn1. The molecule has 0 unspecified atom stereocenters. The Bertz CT molecular complexity index is 486. The van der Waals surface area contributed by atoms with Gasteiger partial charge in [-0.1, -0.05) is 0 Å². The van der Waals surface area contributed by atoms with Crippen molar-refractivity contribution in [2.24, 2.45) is 0 Å². The van der Waals surface area contributed by atoms with Crippen molar-refractivity contribution < 1.29 is 0 Å². The first-order valence-corrected chi connectivity index (χ1v) is 7.20. The molecule has 0 saturated carbocycles. The van der Waals surface area contributed by atoms with Gasteiger partial charge in [-0.3, -0.25) is 0 Å². The van der Waals surface area contributed by atoms with Gasteiger partial charge in [-0.2, -0.15) is 0 Å². The summed E-state index contributed by atoms with van der Waals surface area (Å²) in [6.07, 6.45) is 3.52. The molecule has 3 nitrogen and oxygen atoms in total. The lowest BCUT2D eigenvalue weighted by molar-refractivity contribution is 0.874. The first-order valence-electron chi connectivity index (χ1n) is 5.00. The molecule has 2 aromatic heterocycles. The number of hydrogen-bond donors (Lipinski definition) is 0. The van der Waals surface area contributed by atoms with Crippen LogP contribution in [0.5, 0.6) is 0 Å². The summed E-state index contributed by atoms with van der Waals surface area (Å²) in [5, 5.41) is 2.07. The Balaban J connectivity index is 2.06. The molecule has 0 amide bonds. The molecule has 0 aliphatic heterocycles. The maximum Gasteiger partial charge on any atom is 0.225 e. The third-order valence-corrected chi connectivity index (χ3v) is 4.19. The lowest BCUT2D eigenvalue weighted by Gasteiger charge is -2.15. The number of halogens is 2. The number of anilines is 1. The molecule has 0 radical (unpaired) electrons. The van der Waals surface area contributed by atoms with Crippen LogP contribution < -0.4 is 4.90 Å². The summed E-state index contributed by atoms with van der Waals surface area (Å²) in [5.41, 5.74) is 0.933. The van der Waals surface area contributed by atoms with Gasteiger partial charge in [-0.05, 0) is 22.0 Å². The molecule has 0 spiro atoms. The van der Waals surface area contributed by atoms with Crippen LogP contribution in [0.15, 0.2) is 28.3 Å². The molecule has 0 atom stereocenters. The van der Waals surface area contributed by atoms with E-state index in [4.69, 9.17) is 11.6 Å². The van der Waals surface area contributed by atoms with Gasteiger partial charge in [0.15, 0.2) is 0 Å². The maximum absolute atomic E-state index is 5.69. The molecule has 0 bridgehead atoms. The Labute approximate surface area is 118 Å². The molecule has 6 heteroatoms. The fourth-order valence-electron chi connectivity index (χ4n) is 1.36. The van der Waals surface area contributed by atoms with Crippen molar-refractivity contribution in [3.63, 3.8) is 0 Å². The summed E-state index contributed by atoms with van der Waals surface area (Å²) in [6, 6.07) is 2.11. The Hall–Kier alpha value is -0.650. The minimum Gasteiger partial charge on any atom is -0.339 e. The largest absolute Gasteiger partial charge is 0.339 e. The first kappa shape index (κ1) is 12.8. The van der Waals surface area contributed by atoms with Crippen molar-refractivity contribution in [2.45, 2.75) is 12.4 Å². The Morgan fingerprint density at radius 2 is 2.12 bits per heavy atom. The molecule has 0 N–H and O–H groups in total. The molecule has 0 aliphatic carbocycles. The molecule has 90 valence electrons. The average Bonchev–Trinajstić information content (AvgIpc) is 2.75. The molecule has 0 aromatic carbocycles. The van der Waals surface area contributed by atoms with Gasteiger partial charge in [0, 0.05) is 39.7 Å². The lowest BCUT2D eigenvalue weighted by Crippen LogP contribution is -2.18. The van der Waals surface area contributed by atoms with Crippen molar-refractivity contribution in [2.75, 3.05) is 11.9 Å². The Morgan fingerprint density at radius 1 is 1.41 bits per heavy atom. The summed E-state index contributed by atoms with van der Waals surface area (Å²) in [4.78, 5) is 11.8. The molecule has 0 aliphatic rings. The van der Waals surface area contributed by atoms with Crippen molar-refractivity contribution in [1.82, 2.24) is 9.97 Å². The van der Waals surface area contributed by atoms with Crippen molar-refractivity contribution in [3.8, 4) is 0 Å². The van der Waals surface area contributed by atoms with E-state index in [9.17, 15) is 0 Å². The van der Waals surface area contributed by atoms with Crippen LogP contribution in [0.25, 0.3) is 0 Å². The van der Waals surface area contributed by atoms with Crippen LogP contribution in [0.1, 0.15) is 10.4 Å². The van der Waals surface area contributed by atoms with E-state index in [1.165, 1.54) is 4.88 Å². The zero-order valence-corrected chi connectivity index (χ0v) is 12.4. The van der Waals surface area contributed by atoms with Gasteiger partial charge in [-0.25, -0.2) is 9.97 Å². The number of nitrogens with zero attached hydrogens (tertiary/aromatic N) is 3. The van der Waals surface area contributed by atoms with Crippen LogP contribution in [-0.2, 0) is 12.4 Å². The zero-order chi connectivity index (χ0) is 12.3. The highest BCUT2D eigenvalue weighted by molar-refractivity contribution is 9.10. The fraction of sp³-hybridized carbons (Fsp3) is 0.273. The fourth-order valence-corrected chi connectivity index (χ4v) is 3.00. The summed E-state index contributed by atoms with van der Waals surface area (Å²) in [7, 11) is 1.98. The topological polar surface area (TPSA) is 29.0 Å². The van der Waals surface area contributed by atoms with Crippen molar-refractivity contribution >= 4 is 44.8 Å². The van der Waals surface area contributed by atoms with Gasteiger partial charge in [0.2, 0.25) is 5.95 Å². The highest BCUT2D eigenvalue weighted by Gasteiger charge is 2.06. The monoisotopic (exact) mass is 331 g/mol. The number of alkyl halides is 1. The molecule has 0 saturated heterocycles. The van der Waals surface area contributed by atoms with Crippen LogP contribution >= 0.6 is 38.9 Å². The first-order chi connectivity index (χ1) is 8.19. The van der Waals surface area contributed by atoms with Gasteiger partial charge in [-0.15, -0.1) is 22.9 Å². The summed E-state index contributed by atoms with van der Waals surface area (Å²) in [5.74, 6) is 1.16. The predicted octanol–water partition coefficient (Wildman–Crippen LogP) is 3.68. The second kappa shape index (κ2) is 5.80. The van der Waals surface area contributed by atoms with Crippen LogP contribution in [0.3, 0.4) is 0 Å². The molecule has 2 heterocycles. The minimum absolute atomic E-state index is 0.446. The number of thiophene rings is 1. The van der Waals surface area contributed by atoms with E-state index in [2.05, 4.69) is 37.3 Å². The quantitative estimate of drug-likeness (QED) is 0.800. The van der Waals surface area contributed by atoms with Gasteiger partial charge in [0.1, 0.15) is 0 Å². The second-order valence-electron chi connectivity index (χ2n) is 3.61. The molecule has 2 aromatic rings. The van der Waals surface area contributed by atoms with E-state index in [1.54, 1.807) is 23.7 Å².